The number of halogens is 1. The molecule has 1 heterocycles. The molecule has 1 amide bonds. The highest BCUT2D eigenvalue weighted by molar-refractivity contribution is 7.89. The minimum Gasteiger partial charge on any atom is -0.338 e. The Morgan fingerprint density at radius 1 is 1.04 bits per heavy atom. The van der Waals surface area contributed by atoms with Crippen LogP contribution in [-0.2, 0) is 16.6 Å². The summed E-state index contributed by atoms with van der Waals surface area (Å²) in [5, 5.41) is 0. The molecule has 0 aromatic heterocycles. The maximum Gasteiger partial charge on any atom is 0.253 e. The van der Waals surface area contributed by atoms with E-state index < -0.39 is 15.8 Å². The molecule has 1 saturated heterocycles. The third-order valence-corrected chi connectivity index (χ3v) is 6.36. The van der Waals surface area contributed by atoms with E-state index in [-0.39, 0.29) is 17.3 Å². The van der Waals surface area contributed by atoms with Gasteiger partial charge in [0.25, 0.3) is 5.91 Å². The van der Waals surface area contributed by atoms with Crippen LogP contribution in [0.25, 0.3) is 0 Å². The predicted octanol–water partition coefficient (Wildman–Crippen LogP) is 3.42. The third-order valence-electron chi connectivity index (χ3n) is 4.95. The second-order valence-corrected chi connectivity index (χ2v) is 9.40. The number of rotatable bonds is 5. The molecule has 5 nitrogen and oxygen atoms in total. The van der Waals surface area contributed by atoms with Crippen LogP contribution >= 0.6 is 0 Å². The van der Waals surface area contributed by atoms with Gasteiger partial charge in [-0.2, -0.15) is 0 Å². The van der Waals surface area contributed by atoms with Gasteiger partial charge in [0.2, 0.25) is 10.0 Å². The summed E-state index contributed by atoms with van der Waals surface area (Å²) >= 11 is 0. The third kappa shape index (κ3) is 4.97. The van der Waals surface area contributed by atoms with Crippen LogP contribution in [0.1, 0.15) is 36.2 Å². The predicted molar refractivity (Wildman–Crippen MR) is 106 cm³/mol. The molecule has 1 N–H and O–H groups in total. The zero-order chi connectivity index (χ0) is 20.3. The summed E-state index contributed by atoms with van der Waals surface area (Å²) in [6.45, 7) is 5.94. The van der Waals surface area contributed by atoms with Gasteiger partial charge in [0.1, 0.15) is 5.82 Å². The monoisotopic (exact) mass is 404 g/mol. The first kappa shape index (κ1) is 20.5. The fraction of sp³-hybridized carbons (Fsp3) is 0.381. The van der Waals surface area contributed by atoms with Crippen molar-refractivity contribution in [1.29, 1.82) is 0 Å². The standard InChI is InChI=1S/C21H25FN2O3S/c1-15-11-16(2)14-24(13-15)21(25)18-5-3-17(4-6-18)12-23-28(26,27)20-9-7-19(22)8-10-20/h3-10,15-16,23H,11-14H2,1-2H3/t15-,16+. The number of likely N-dealkylation sites (tertiary alicyclic amines) is 1. The zero-order valence-electron chi connectivity index (χ0n) is 16.1. The molecule has 0 radical (unpaired) electrons. The molecule has 2 aromatic rings. The Kier molecular flexibility index (Phi) is 6.15. The topological polar surface area (TPSA) is 66.5 Å². The van der Waals surface area contributed by atoms with Crippen LogP contribution in [0.5, 0.6) is 0 Å². The molecule has 0 bridgehead atoms. The van der Waals surface area contributed by atoms with Crippen molar-refractivity contribution in [1.82, 2.24) is 9.62 Å². The molecule has 0 saturated carbocycles. The number of hydrogen-bond donors (Lipinski definition) is 1. The number of hydrogen-bond acceptors (Lipinski definition) is 3. The lowest BCUT2D eigenvalue weighted by Crippen LogP contribution is -2.42. The van der Waals surface area contributed by atoms with E-state index in [0.29, 0.717) is 17.4 Å². The molecule has 7 heteroatoms. The maximum absolute atomic E-state index is 13.0. The van der Waals surface area contributed by atoms with E-state index in [2.05, 4.69) is 18.6 Å². The van der Waals surface area contributed by atoms with Crippen LogP contribution in [0.15, 0.2) is 53.4 Å². The van der Waals surface area contributed by atoms with Crippen molar-refractivity contribution in [3.05, 3.63) is 65.5 Å². The minimum absolute atomic E-state index is 0.00837. The lowest BCUT2D eigenvalue weighted by atomic mass is 9.91. The zero-order valence-corrected chi connectivity index (χ0v) is 16.9. The quantitative estimate of drug-likeness (QED) is 0.830. The van der Waals surface area contributed by atoms with E-state index in [9.17, 15) is 17.6 Å². The number of amides is 1. The highest BCUT2D eigenvalue weighted by Gasteiger charge is 2.26. The van der Waals surface area contributed by atoms with Crippen LogP contribution in [0.4, 0.5) is 4.39 Å². The summed E-state index contributed by atoms with van der Waals surface area (Å²) in [7, 11) is -3.72. The molecule has 1 aliphatic heterocycles. The average Bonchev–Trinajstić information content (AvgIpc) is 2.66. The summed E-state index contributed by atoms with van der Waals surface area (Å²) in [6, 6.07) is 11.6. The molecule has 3 rings (SSSR count). The Hall–Kier alpha value is -2.25. The normalized spacial score (nSPS) is 20.2. The van der Waals surface area contributed by atoms with Crippen molar-refractivity contribution in [2.24, 2.45) is 11.8 Å². The fourth-order valence-electron chi connectivity index (χ4n) is 3.65. The van der Waals surface area contributed by atoms with Crippen molar-refractivity contribution in [2.75, 3.05) is 13.1 Å². The molecule has 0 aliphatic carbocycles. The molecule has 1 aliphatic rings. The minimum atomic E-state index is -3.72. The molecule has 1 fully saturated rings. The molecule has 0 unspecified atom stereocenters. The van der Waals surface area contributed by atoms with E-state index in [1.807, 2.05) is 4.90 Å². The molecular formula is C21H25FN2O3S. The second kappa shape index (κ2) is 8.41. The molecule has 0 spiro atoms. The first-order valence-electron chi connectivity index (χ1n) is 9.38. The smallest absolute Gasteiger partial charge is 0.253 e. The van der Waals surface area contributed by atoms with Gasteiger partial charge in [-0.3, -0.25) is 4.79 Å². The number of benzene rings is 2. The first-order valence-corrected chi connectivity index (χ1v) is 10.9. The highest BCUT2D eigenvalue weighted by Crippen LogP contribution is 2.22. The summed E-state index contributed by atoms with van der Waals surface area (Å²) in [4.78, 5) is 14.6. The van der Waals surface area contributed by atoms with Gasteiger partial charge >= 0.3 is 0 Å². The summed E-state index contributed by atoms with van der Waals surface area (Å²) in [6.07, 6.45) is 1.14. The molecule has 28 heavy (non-hydrogen) atoms. The first-order chi connectivity index (χ1) is 13.2. The number of carbonyl (C=O) groups excluding carboxylic acids is 1. The highest BCUT2D eigenvalue weighted by atomic mass is 32.2. The van der Waals surface area contributed by atoms with Gasteiger partial charge in [-0.1, -0.05) is 26.0 Å². The van der Waals surface area contributed by atoms with Crippen molar-refractivity contribution < 1.29 is 17.6 Å². The summed E-state index contributed by atoms with van der Waals surface area (Å²) < 4.78 is 40.0. The Balaban J connectivity index is 1.63. The van der Waals surface area contributed by atoms with Gasteiger partial charge in [-0.15, -0.1) is 0 Å². The summed E-state index contributed by atoms with van der Waals surface area (Å²) in [5.41, 5.74) is 1.34. The maximum atomic E-state index is 13.0. The van der Waals surface area contributed by atoms with Gasteiger partial charge < -0.3 is 4.90 Å². The van der Waals surface area contributed by atoms with Gasteiger partial charge in [-0.25, -0.2) is 17.5 Å². The van der Waals surface area contributed by atoms with E-state index in [1.165, 1.54) is 12.1 Å². The van der Waals surface area contributed by atoms with E-state index in [0.717, 1.165) is 37.2 Å². The van der Waals surface area contributed by atoms with E-state index >= 15 is 0 Å². The van der Waals surface area contributed by atoms with Gasteiger partial charge in [0.05, 0.1) is 4.90 Å². The number of piperidine rings is 1. The Morgan fingerprint density at radius 2 is 1.61 bits per heavy atom. The lowest BCUT2D eigenvalue weighted by Gasteiger charge is -2.35. The second-order valence-electron chi connectivity index (χ2n) is 7.63. The summed E-state index contributed by atoms with van der Waals surface area (Å²) in [5.74, 6) is 0.509. The number of carbonyl (C=O) groups is 1. The van der Waals surface area contributed by atoms with Crippen LogP contribution in [0, 0.1) is 17.7 Å². The Morgan fingerprint density at radius 3 is 2.18 bits per heavy atom. The number of sulfonamides is 1. The SMILES string of the molecule is C[C@@H]1C[C@H](C)CN(C(=O)c2ccc(CNS(=O)(=O)c3ccc(F)cc3)cc2)C1. The molecule has 2 aromatic carbocycles. The van der Waals surface area contributed by atoms with Crippen molar-refractivity contribution in [3.8, 4) is 0 Å². The van der Waals surface area contributed by atoms with Crippen molar-refractivity contribution in [2.45, 2.75) is 31.7 Å². The lowest BCUT2D eigenvalue weighted by molar-refractivity contribution is 0.0623. The fourth-order valence-corrected chi connectivity index (χ4v) is 4.67. The largest absolute Gasteiger partial charge is 0.338 e. The van der Waals surface area contributed by atoms with Gasteiger partial charge in [0.15, 0.2) is 0 Å². The van der Waals surface area contributed by atoms with Crippen LogP contribution < -0.4 is 4.72 Å². The number of nitrogens with zero attached hydrogens (tertiary/aromatic N) is 1. The van der Waals surface area contributed by atoms with Crippen LogP contribution in [0.2, 0.25) is 0 Å². The van der Waals surface area contributed by atoms with E-state index in [4.69, 9.17) is 0 Å². The molecule has 150 valence electrons. The van der Waals surface area contributed by atoms with Gasteiger partial charge in [-0.05, 0) is 60.2 Å². The van der Waals surface area contributed by atoms with Gasteiger partial charge in [0, 0.05) is 25.2 Å². The van der Waals surface area contributed by atoms with Crippen molar-refractivity contribution >= 4 is 15.9 Å². The van der Waals surface area contributed by atoms with Crippen molar-refractivity contribution in [3.63, 3.8) is 0 Å². The van der Waals surface area contributed by atoms with Crippen LogP contribution in [-0.4, -0.2) is 32.3 Å². The Labute approximate surface area is 165 Å². The molecular weight excluding hydrogens is 379 g/mol. The van der Waals surface area contributed by atoms with Crippen LogP contribution in [0.3, 0.4) is 0 Å². The van der Waals surface area contributed by atoms with E-state index in [1.54, 1.807) is 24.3 Å². The average molecular weight is 405 g/mol. The molecule has 2 atom stereocenters. The number of nitrogens with one attached hydrogen (secondary N) is 1. The Bertz CT molecular complexity index is 917.